The molecule has 4 N–H and O–H groups in total. The average Bonchev–Trinajstić information content (AvgIpc) is 3.53. The van der Waals surface area contributed by atoms with Crippen molar-refractivity contribution >= 4 is 23.4 Å². The molecule has 2 aliphatic heterocycles. The highest BCUT2D eigenvalue weighted by atomic mass is 19.1. The van der Waals surface area contributed by atoms with Gasteiger partial charge in [0.05, 0.1) is 17.1 Å². The number of hydrogen-bond acceptors (Lipinski definition) is 4. The molecular weight excluding hydrogens is 507 g/mol. The van der Waals surface area contributed by atoms with Crippen molar-refractivity contribution < 1.29 is 14.0 Å². The van der Waals surface area contributed by atoms with E-state index in [1.807, 2.05) is 18.2 Å². The maximum atomic E-state index is 15.2. The van der Waals surface area contributed by atoms with Crippen LogP contribution in [0.4, 0.5) is 20.7 Å². The summed E-state index contributed by atoms with van der Waals surface area (Å²) in [5, 5.41) is 16.5. The molecule has 8 nitrogen and oxygen atoms in total. The highest BCUT2D eigenvalue weighted by Gasteiger charge is 2.24. The van der Waals surface area contributed by atoms with Crippen LogP contribution < -0.4 is 21.3 Å². The van der Waals surface area contributed by atoms with E-state index in [1.165, 1.54) is 23.3 Å². The van der Waals surface area contributed by atoms with Crippen molar-refractivity contribution in [1.29, 1.82) is 0 Å². The molecule has 0 saturated carbocycles. The lowest BCUT2D eigenvalue weighted by Crippen LogP contribution is -2.24. The predicted octanol–water partition coefficient (Wildman–Crippen LogP) is 5.51. The molecule has 3 aromatic carbocycles. The van der Waals surface area contributed by atoms with Gasteiger partial charge in [-0.15, -0.1) is 0 Å². The summed E-state index contributed by atoms with van der Waals surface area (Å²) in [6.07, 6.45) is 0.974. The van der Waals surface area contributed by atoms with Gasteiger partial charge in [0.15, 0.2) is 0 Å². The number of urea groups is 1. The van der Waals surface area contributed by atoms with Crippen molar-refractivity contribution in [3.8, 4) is 16.8 Å². The number of anilines is 2. The van der Waals surface area contributed by atoms with Crippen LogP contribution in [0.2, 0.25) is 0 Å². The minimum atomic E-state index is -0.580. The third-order valence-corrected chi connectivity index (χ3v) is 7.42. The second kappa shape index (κ2) is 9.91. The van der Waals surface area contributed by atoms with Crippen LogP contribution in [-0.4, -0.2) is 28.3 Å². The molecule has 3 amide bonds. The number of fused-ring (bicyclic) bond motifs is 2. The minimum Gasteiger partial charge on any atom is -0.348 e. The van der Waals surface area contributed by atoms with Gasteiger partial charge in [-0.1, -0.05) is 45.0 Å². The van der Waals surface area contributed by atoms with Crippen molar-refractivity contribution in [2.24, 2.45) is 0 Å². The Morgan fingerprint density at radius 2 is 1.80 bits per heavy atom. The number of nitrogens with zero attached hydrogens (tertiary/aromatic N) is 2. The number of carbonyl (C=O) groups is 2. The van der Waals surface area contributed by atoms with E-state index in [4.69, 9.17) is 5.10 Å². The standard InChI is InChI=1S/C31H31FN6O2/c1-31(2,3)27-15-28(38(37-27)21-9-7-18-11-12-33-16-20(18)13-21)36-30(40)35-26-10-8-19(14-25(26)32)22-5-4-6-23-24(22)17-34-29(23)39/h4-10,13-15,33H,11-12,16-17H2,1-3H3,(H,34,39)(H2,35,36,40). The average molecular weight is 539 g/mol. The van der Waals surface area contributed by atoms with Gasteiger partial charge in [0.1, 0.15) is 11.6 Å². The van der Waals surface area contributed by atoms with Crippen LogP contribution in [0.1, 0.15) is 53.5 Å². The Labute approximate surface area is 232 Å². The number of aromatic nitrogens is 2. The zero-order valence-electron chi connectivity index (χ0n) is 22.7. The maximum Gasteiger partial charge on any atom is 0.324 e. The van der Waals surface area contributed by atoms with Crippen LogP contribution in [0, 0.1) is 5.82 Å². The molecule has 9 heteroatoms. The first kappa shape index (κ1) is 25.8. The first-order valence-electron chi connectivity index (χ1n) is 13.4. The number of carbonyl (C=O) groups excluding carboxylic acids is 2. The summed E-state index contributed by atoms with van der Waals surface area (Å²) in [7, 11) is 0. The molecule has 0 radical (unpaired) electrons. The molecule has 3 heterocycles. The maximum absolute atomic E-state index is 15.2. The Morgan fingerprint density at radius 1 is 0.975 bits per heavy atom. The van der Waals surface area contributed by atoms with E-state index < -0.39 is 11.8 Å². The SMILES string of the molecule is CC(C)(C)c1cc(NC(=O)Nc2ccc(-c3cccc4c3CNC4=O)cc2F)n(-c2ccc3c(c2)CNCC3)n1. The van der Waals surface area contributed by atoms with Crippen LogP contribution in [0.15, 0.2) is 60.7 Å². The van der Waals surface area contributed by atoms with Gasteiger partial charge in [-0.2, -0.15) is 5.10 Å². The number of halogens is 1. The fourth-order valence-electron chi connectivity index (χ4n) is 5.21. The predicted molar refractivity (Wildman–Crippen MR) is 153 cm³/mol. The fourth-order valence-corrected chi connectivity index (χ4v) is 5.21. The highest BCUT2D eigenvalue weighted by molar-refractivity contribution is 6.01. The van der Waals surface area contributed by atoms with Gasteiger partial charge >= 0.3 is 6.03 Å². The van der Waals surface area contributed by atoms with Gasteiger partial charge in [-0.3, -0.25) is 10.1 Å². The molecule has 40 heavy (non-hydrogen) atoms. The summed E-state index contributed by atoms with van der Waals surface area (Å²) < 4.78 is 16.9. The monoisotopic (exact) mass is 538 g/mol. The number of amides is 3. The summed E-state index contributed by atoms with van der Waals surface area (Å²) >= 11 is 0. The van der Waals surface area contributed by atoms with Crippen molar-refractivity contribution in [3.63, 3.8) is 0 Å². The van der Waals surface area contributed by atoms with E-state index in [0.29, 0.717) is 23.5 Å². The number of rotatable bonds is 4. The molecule has 0 aliphatic carbocycles. The zero-order valence-corrected chi connectivity index (χ0v) is 22.7. The van der Waals surface area contributed by atoms with Crippen molar-refractivity contribution in [3.05, 3.63) is 94.4 Å². The van der Waals surface area contributed by atoms with Crippen LogP contribution in [0.5, 0.6) is 0 Å². The van der Waals surface area contributed by atoms with Crippen LogP contribution in [-0.2, 0) is 24.9 Å². The molecule has 2 aliphatic rings. The minimum absolute atomic E-state index is 0.0463. The Morgan fingerprint density at radius 3 is 2.60 bits per heavy atom. The molecule has 0 fully saturated rings. The summed E-state index contributed by atoms with van der Waals surface area (Å²) in [6, 6.07) is 17.5. The van der Waals surface area contributed by atoms with Gasteiger partial charge in [0.25, 0.3) is 5.91 Å². The quantitative estimate of drug-likeness (QED) is 0.275. The molecule has 0 bridgehead atoms. The second-order valence-electron chi connectivity index (χ2n) is 11.2. The lowest BCUT2D eigenvalue weighted by molar-refractivity contribution is 0.0965. The summed E-state index contributed by atoms with van der Waals surface area (Å²) in [4.78, 5) is 25.1. The van der Waals surface area contributed by atoms with Gasteiger partial charge in [0, 0.05) is 30.1 Å². The lowest BCUT2D eigenvalue weighted by Gasteiger charge is -2.19. The van der Waals surface area contributed by atoms with E-state index in [2.05, 4.69) is 54.2 Å². The Balaban J connectivity index is 1.25. The first-order valence-corrected chi connectivity index (χ1v) is 13.4. The fraction of sp³-hybridized carbons (Fsp3) is 0.258. The molecule has 4 aromatic rings. The van der Waals surface area contributed by atoms with Gasteiger partial charge in [-0.25, -0.2) is 13.9 Å². The molecule has 204 valence electrons. The largest absolute Gasteiger partial charge is 0.348 e. The van der Waals surface area contributed by atoms with E-state index in [1.54, 1.807) is 22.9 Å². The molecule has 6 rings (SSSR count). The molecular formula is C31H31FN6O2. The normalized spacial score (nSPS) is 14.3. The number of nitrogens with one attached hydrogen (secondary N) is 4. The Bertz CT molecular complexity index is 1650. The topological polar surface area (TPSA) is 100 Å². The van der Waals surface area contributed by atoms with E-state index in [-0.39, 0.29) is 17.0 Å². The number of benzene rings is 3. The van der Waals surface area contributed by atoms with Crippen LogP contribution in [0.3, 0.4) is 0 Å². The molecule has 0 saturated heterocycles. The van der Waals surface area contributed by atoms with Crippen LogP contribution >= 0.6 is 0 Å². The zero-order chi connectivity index (χ0) is 28.0. The van der Waals surface area contributed by atoms with Gasteiger partial charge < -0.3 is 16.0 Å². The van der Waals surface area contributed by atoms with Gasteiger partial charge in [0.2, 0.25) is 0 Å². The molecule has 1 aromatic heterocycles. The number of hydrogen-bond donors (Lipinski definition) is 4. The third kappa shape index (κ3) is 4.84. The Kier molecular flexibility index (Phi) is 6.38. The first-order chi connectivity index (χ1) is 19.2. The van der Waals surface area contributed by atoms with E-state index >= 15 is 4.39 Å². The van der Waals surface area contributed by atoms with E-state index in [9.17, 15) is 9.59 Å². The lowest BCUT2D eigenvalue weighted by atomic mass is 9.92. The smallest absolute Gasteiger partial charge is 0.324 e. The second-order valence-corrected chi connectivity index (χ2v) is 11.2. The molecule has 0 atom stereocenters. The van der Waals surface area contributed by atoms with Crippen molar-refractivity contribution in [2.75, 3.05) is 17.2 Å². The summed E-state index contributed by atoms with van der Waals surface area (Å²) in [5.41, 5.74) is 6.82. The third-order valence-electron chi connectivity index (χ3n) is 7.42. The van der Waals surface area contributed by atoms with Crippen molar-refractivity contribution in [2.45, 2.75) is 45.7 Å². The van der Waals surface area contributed by atoms with E-state index in [0.717, 1.165) is 42.0 Å². The van der Waals surface area contributed by atoms with Gasteiger partial charge in [-0.05, 0) is 71.1 Å². The molecule has 0 spiro atoms. The van der Waals surface area contributed by atoms with Crippen molar-refractivity contribution in [1.82, 2.24) is 20.4 Å². The summed E-state index contributed by atoms with van der Waals surface area (Å²) in [6.45, 7) is 8.33. The highest BCUT2D eigenvalue weighted by Crippen LogP contribution is 2.32. The van der Waals surface area contributed by atoms with Crippen LogP contribution in [0.25, 0.3) is 16.8 Å². The Hall–Kier alpha value is -4.50. The summed E-state index contributed by atoms with van der Waals surface area (Å²) in [5.74, 6) is -0.220. The molecule has 0 unspecified atom stereocenters.